The molecule has 25 heavy (non-hydrogen) atoms. The highest BCUT2D eigenvalue weighted by Gasteiger charge is 2.31. The number of anilines is 1. The summed E-state index contributed by atoms with van der Waals surface area (Å²) in [5.74, 6) is 0.632. The second kappa shape index (κ2) is 7.29. The van der Waals surface area contributed by atoms with E-state index in [0.29, 0.717) is 23.5 Å². The number of nitrogens with one attached hydrogen (secondary N) is 1. The predicted octanol–water partition coefficient (Wildman–Crippen LogP) is 3.44. The van der Waals surface area contributed by atoms with E-state index in [0.717, 1.165) is 18.6 Å². The summed E-state index contributed by atoms with van der Waals surface area (Å²) < 4.78 is 15.4. The maximum atomic E-state index is 12.6. The molecule has 2 amide bonds. The van der Waals surface area contributed by atoms with Crippen LogP contribution in [0.2, 0.25) is 0 Å². The average Bonchev–Trinajstić information content (AvgIpc) is 3.31. The first kappa shape index (κ1) is 16.9. The second-order valence-electron chi connectivity index (χ2n) is 5.70. The van der Waals surface area contributed by atoms with Gasteiger partial charge in [0.1, 0.15) is 17.1 Å². The summed E-state index contributed by atoms with van der Waals surface area (Å²) in [5.41, 5.74) is 0.845. The van der Waals surface area contributed by atoms with Gasteiger partial charge >= 0.3 is 12.0 Å². The fourth-order valence-corrected chi connectivity index (χ4v) is 3.03. The third kappa shape index (κ3) is 3.45. The number of carbonyl (C=O) groups excluding carboxylic acids is 2. The number of ether oxygens (including phenoxy) is 2. The van der Waals surface area contributed by atoms with Crippen molar-refractivity contribution in [3.63, 3.8) is 0 Å². The zero-order chi connectivity index (χ0) is 17.8. The molecule has 1 aliphatic heterocycles. The second-order valence-corrected chi connectivity index (χ2v) is 5.70. The van der Waals surface area contributed by atoms with Crippen LogP contribution < -0.4 is 10.1 Å². The van der Waals surface area contributed by atoms with Gasteiger partial charge in [-0.15, -0.1) is 0 Å². The van der Waals surface area contributed by atoms with E-state index in [1.54, 1.807) is 29.4 Å². The lowest BCUT2D eigenvalue weighted by Crippen LogP contribution is -2.34. The van der Waals surface area contributed by atoms with Crippen LogP contribution in [0, 0.1) is 0 Å². The summed E-state index contributed by atoms with van der Waals surface area (Å²) >= 11 is 0. The summed E-state index contributed by atoms with van der Waals surface area (Å²) in [6.07, 6.45) is 3.40. The third-order valence-electron chi connectivity index (χ3n) is 4.24. The molecule has 0 bridgehead atoms. The molecule has 0 aliphatic carbocycles. The summed E-state index contributed by atoms with van der Waals surface area (Å²) in [6.45, 7) is 0.661. The number of rotatable bonds is 4. The minimum absolute atomic E-state index is 0.0637. The molecule has 2 heterocycles. The standard InChI is InChI=1S/C18H20N2O5/c1-23-16-11-12(7-8-13(16)17(21)24-2)19-18(22)20-9-3-5-14(20)15-6-4-10-25-15/h4,6-8,10-11,14H,3,5,9H2,1-2H3,(H,19,22)/t14-/m1/s1. The third-order valence-corrected chi connectivity index (χ3v) is 4.24. The topological polar surface area (TPSA) is 81.0 Å². The molecular formula is C18H20N2O5. The molecule has 2 aromatic rings. The van der Waals surface area contributed by atoms with Gasteiger partial charge in [0.2, 0.25) is 0 Å². The molecule has 7 heteroatoms. The number of amides is 2. The van der Waals surface area contributed by atoms with Crippen molar-refractivity contribution in [3.05, 3.63) is 47.9 Å². The summed E-state index contributed by atoms with van der Waals surface area (Å²) in [6, 6.07) is 8.23. The summed E-state index contributed by atoms with van der Waals surface area (Å²) in [5, 5.41) is 2.85. The highest BCUT2D eigenvalue weighted by atomic mass is 16.5. The molecule has 1 fully saturated rings. The number of esters is 1. The molecule has 0 radical (unpaired) electrons. The van der Waals surface area contributed by atoms with Gasteiger partial charge in [0, 0.05) is 18.3 Å². The van der Waals surface area contributed by atoms with E-state index >= 15 is 0 Å². The normalized spacial score (nSPS) is 16.6. The molecule has 0 spiro atoms. The average molecular weight is 344 g/mol. The molecule has 1 atom stereocenters. The van der Waals surface area contributed by atoms with Gasteiger partial charge in [0.05, 0.1) is 26.5 Å². The van der Waals surface area contributed by atoms with Gasteiger partial charge in [-0.25, -0.2) is 9.59 Å². The lowest BCUT2D eigenvalue weighted by Gasteiger charge is -2.23. The number of benzene rings is 1. The maximum Gasteiger partial charge on any atom is 0.341 e. The number of methoxy groups -OCH3 is 2. The van der Waals surface area contributed by atoms with Crippen LogP contribution in [0.15, 0.2) is 41.0 Å². The van der Waals surface area contributed by atoms with Crippen LogP contribution >= 0.6 is 0 Å². The smallest absolute Gasteiger partial charge is 0.341 e. The Morgan fingerprint density at radius 2 is 2.12 bits per heavy atom. The number of hydrogen-bond donors (Lipinski definition) is 1. The molecule has 1 saturated heterocycles. The number of likely N-dealkylation sites (tertiary alicyclic amines) is 1. The van der Waals surface area contributed by atoms with Crippen molar-refractivity contribution >= 4 is 17.7 Å². The van der Waals surface area contributed by atoms with Crippen molar-refractivity contribution in [3.8, 4) is 5.75 Å². The van der Waals surface area contributed by atoms with Crippen molar-refractivity contribution in [1.82, 2.24) is 4.90 Å². The van der Waals surface area contributed by atoms with Crippen LogP contribution in [-0.2, 0) is 4.74 Å². The van der Waals surface area contributed by atoms with E-state index in [2.05, 4.69) is 5.32 Å². The quantitative estimate of drug-likeness (QED) is 0.859. The minimum atomic E-state index is -0.493. The Morgan fingerprint density at radius 1 is 1.28 bits per heavy atom. The Morgan fingerprint density at radius 3 is 2.80 bits per heavy atom. The Kier molecular flexibility index (Phi) is 4.92. The Hall–Kier alpha value is -2.96. The Bertz CT molecular complexity index is 757. The lowest BCUT2D eigenvalue weighted by molar-refractivity contribution is 0.0597. The van der Waals surface area contributed by atoms with Crippen molar-refractivity contribution in [2.24, 2.45) is 0 Å². The first-order valence-electron chi connectivity index (χ1n) is 8.01. The molecule has 132 valence electrons. The van der Waals surface area contributed by atoms with Crippen molar-refractivity contribution in [2.45, 2.75) is 18.9 Å². The van der Waals surface area contributed by atoms with E-state index in [1.165, 1.54) is 14.2 Å². The van der Waals surface area contributed by atoms with E-state index < -0.39 is 5.97 Å². The van der Waals surface area contributed by atoms with Crippen LogP contribution in [0.25, 0.3) is 0 Å². The molecule has 1 aromatic carbocycles. The van der Waals surface area contributed by atoms with Crippen LogP contribution in [0.3, 0.4) is 0 Å². The van der Waals surface area contributed by atoms with Gasteiger partial charge in [0.15, 0.2) is 0 Å². The molecule has 1 aromatic heterocycles. The number of carbonyl (C=O) groups is 2. The van der Waals surface area contributed by atoms with Gasteiger partial charge in [-0.2, -0.15) is 0 Å². The predicted molar refractivity (Wildman–Crippen MR) is 90.7 cm³/mol. The monoisotopic (exact) mass is 344 g/mol. The Labute approximate surface area is 145 Å². The van der Waals surface area contributed by atoms with Gasteiger partial charge in [-0.3, -0.25) is 0 Å². The van der Waals surface area contributed by atoms with Gasteiger partial charge in [-0.05, 0) is 37.1 Å². The van der Waals surface area contributed by atoms with Crippen molar-refractivity contribution in [2.75, 3.05) is 26.1 Å². The zero-order valence-corrected chi connectivity index (χ0v) is 14.2. The lowest BCUT2D eigenvalue weighted by atomic mass is 10.1. The van der Waals surface area contributed by atoms with Crippen LogP contribution in [0.4, 0.5) is 10.5 Å². The highest BCUT2D eigenvalue weighted by molar-refractivity contribution is 5.95. The summed E-state index contributed by atoms with van der Waals surface area (Å²) in [7, 11) is 2.76. The largest absolute Gasteiger partial charge is 0.496 e. The van der Waals surface area contributed by atoms with E-state index in [-0.39, 0.29) is 12.1 Å². The minimum Gasteiger partial charge on any atom is -0.496 e. The molecule has 0 saturated carbocycles. The molecular weight excluding hydrogens is 324 g/mol. The van der Waals surface area contributed by atoms with Gasteiger partial charge < -0.3 is 24.1 Å². The molecule has 1 N–H and O–H groups in total. The highest BCUT2D eigenvalue weighted by Crippen LogP contribution is 2.33. The number of hydrogen-bond acceptors (Lipinski definition) is 5. The van der Waals surface area contributed by atoms with E-state index in [1.807, 2.05) is 12.1 Å². The van der Waals surface area contributed by atoms with E-state index in [4.69, 9.17) is 13.9 Å². The first-order valence-corrected chi connectivity index (χ1v) is 8.01. The van der Waals surface area contributed by atoms with Crippen LogP contribution in [-0.4, -0.2) is 37.7 Å². The molecule has 0 unspecified atom stereocenters. The summed E-state index contributed by atoms with van der Waals surface area (Å²) in [4.78, 5) is 26.1. The molecule has 1 aliphatic rings. The van der Waals surface area contributed by atoms with Crippen molar-refractivity contribution < 1.29 is 23.5 Å². The van der Waals surface area contributed by atoms with Gasteiger partial charge in [0.25, 0.3) is 0 Å². The van der Waals surface area contributed by atoms with E-state index in [9.17, 15) is 9.59 Å². The fraction of sp³-hybridized carbons (Fsp3) is 0.333. The van der Waals surface area contributed by atoms with Gasteiger partial charge in [-0.1, -0.05) is 0 Å². The first-order chi connectivity index (χ1) is 12.1. The number of furan rings is 1. The van der Waals surface area contributed by atoms with Crippen molar-refractivity contribution in [1.29, 1.82) is 0 Å². The number of nitrogens with zero attached hydrogens (tertiary/aromatic N) is 1. The SMILES string of the molecule is COC(=O)c1ccc(NC(=O)N2CCC[C@@H]2c2ccco2)cc1OC. The maximum absolute atomic E-state index is 12.6. The number of urea groups is 1. The van der Waals surface area contributed by atoms with Crippen LogP contribution in [0.5, 0.6) is 5.75 Å². The molecule has 3 rings (SSSR count). The Balaban J connectivity index is 1.75. The fourth-order valence-electron chi connectivity index (χ4n) is 3.03. The van der Waals surface area contributed by atoms with Crippen LogP contribution in [0.1, 0.15) is 35.0 Å². The molecule has 7 nitrogen and oxygen atoms in total. The zero-order valence-electron chi connectivity index (χ0n) is 14.2.